The Bertz CT molecular complexity index is 582. The maximum atomic E-state index is 5.87. The molecule has 2 rings (SSSR count). The number of hydrogen-bond donors (Lipinski definition) is 1. The molecule has 0 bridgehead atoms. The minimum absolute atomic E-state index is 0.0147. The average molecular weight is 350 g/mol. The van der Waals surface area contributed by atoms with E-state index in [1.54, 1.807) is 13.2 Å². The highest BCUT2D eigenvalue weighted by Gasteiger charge is 2.09. The van der Waals surface area contributed by atoms with E-state index in [0.717, 1.165) is 10.2 Å². The monoisotopic (exact) mass is 348 g/mol. The third kappa shape index (κ3) is 3.01. The molecule has 2 aromatic rings. The number of ether oxygens (including phenoxy) is 1. The largest absolute Gasteiger partial charge is 0.497 e. The highest BCUT2D eigenvalue weighted by molar-refractivity contribution is 9.10. The quantitative estimate of drug-likeness (QED) is 0.915. The van der Waals surface area contributed by atoms with Crippen LogP contribution in [0.5, 0.6) is 5.75 Å². The molecule has 18 heavy (non-hydrogen) atoms. The van der Waals surface area contributed by atoms with Crippen molar-refractivity contribution in [1.29, 1.82) is 0 Å². The first-order valence-electron chi connectivity index (χ1n) is 4.76. The lowest BCUT2D eigenvalue weighted by Crippen LogP contribution is -1.99. The Morgan fingerprint density at radius 1 is 1.28 bits per heavy atom. The number of nitrogens with zero attached hydrogens (tertiary/aromatic N) is 3. The van der Waals surface area contributed by atoms with Gasteiger partial charge in [0.1, 0.15) is 5.75 Å². The van der Waals surface area contributed by atoms with Crippen LogP contribution < -0.4 is 10.1 Å². The van der Waals surface area contributed by atoms with Gasteiger partial charge in [0.2, 0.25) is 5.28 Å². The second-order valence-electron chi connectivity index (χ2n) is 3.19. The van der Waals surface area contributed by atoms with Crippen LogP contribution in [0.4, 0.5) is 11.5 Å². The van der Waals surface area contributed by atoms with Gasteiger partial charge in [-0.2, -0.15) is 4.98 Å². The molecule has 0 aliphatic heterocycles. The molecule has 0 unspecified atom stereocenters. The Balaban J connectivity index is 2.36. The molecular weight excluding hydrogens is 343 g/mol. The predicted molar refractivity (Wildman–Crippen MR) is 73.8 cm³/mol. The van der Waals surface area contributed by atoms with E-state index in [9.17, 15) is 0 Å². The van der Waals surface area contributed by atoms with E-state index in [-0.39, 0.29) is 10.4 Å². The van der Waals surface area contributed by atoms with Gasteiger partial charge in [0.05, 0.1) is 12.8 Å². The van der Waals surface area contributed by atoms with E-state index in [1.807, 2.05) is 12.1 Å². The van der Waals surface area contributed by atoms with Crippen LogP contribution >= 0.6 is 39.1 Å². The molecule has 1 aromatic carbocycles. The van der Waals surface area contributed by atoms with Crippen LogP contribution in [0.1, 0.15) is 0 Å². The maximum Gasteiger partial charge on any atom is 0.245 e. The maximum absolute atomic E-state index is 5.87. The fourth-order valence-corrected chi connectivity index (χ4v) is 1.82. The summed E-state index contributed by atoms with van der Waals surface area (Å²) in [4.78, 5) is 3.95. The Hall–Kier alpha value is -1.11. The number of halogens is 3. The summed E-state index contributed by atoms with van der Waals surface area (Å²) in [6, 6.07) is 5.45. The summed E-state index contributed by atoms with van der Waals surface area (Å²) < 4.78 is 5.96. The lowest BCUT2D eigenvalue weighted by molar-refractivity contribution is 0.415. The molecule has 0 spiro atoms. The fraction of sp³-hybridized carbons (Fsp3) is 0.100. The summed E-state index contributed by atoms with van der Waals surface area (Å²) in [5, 5.41) is 10.3. The highest BCUT2D eigenvalue weighted by Crippen LogP contribution is 2.31. The zero-order chi connectivity index (χ0) is 13.1. The minimum atomic E-state index is 0.0147. The normalized spacial score (nSPS) is 10.2. The topological polar surface area (TPSA) is 59.9 Å². The van der Waals surface area contributed by atoms with Gasteiger partial charge in [0.25, 0.3) is 0 Å². The lowest BCUT2D eigenvalue weighted by atomic mass is 10.3. The van der Waals surface area contributed by atoms with Gasteiger partial charge in [-0.1, -0.05) is 11.6 Å². The number of anilines is 2. The number of hydrogen-bond acceptors (Lipinski definition) is 5. The van der Waals surface area contributed by atoms with Crippen LogP contribution in [0.3, 0.4) is 0 Å². The zero-order valence-electron chi connectivity index (χ0n) is 9.12. The Labute approximate surface area is 122 Å². The van der Waals surface area contributed by atoms with Gasteiger partial charge in [-0.15, -0.1) is 10.2 Å². The predicted octanol–water partition coefficient (Wildman–Crippen LogP) is 3.69. The first kappa shape index (κ1) is 13.3. The summed E-state index contributed by atoms with van der Waals surface area (Å²) in [6.45, 7) is 0. The van der Waals surface area contributed by atoms with Crippen LogP contribution in [0.25, 0.3) is 0 Å². The molecule has 8 heteroatoms. The minimum Gasteiger partial charge on any atom is -0.497 e. The van der Waals surface area contributed by atoms with E-state index in [0.29, 0.717) is 11.6 Å². The molecule has 1 aromatic heterocycles. The van der Waals surface area contributed by atoms with Crippen molar-refractivity contribution in [2.24, 2.45) is 0 Å². The van der Waals surface area contributed by atoms with Crippen molar-refractivity contribution in [3.05, 3.63) is 33.1 Å². The second-order valence-corrected chi connectivity index (χ2v) is 4.74. The van der Waals surface area contributed by atoms with Gasteiger partial charge in [-0.3, -0.25) is 0 Å². The molecule has 5 nitrogen and oxygen atoms in total. The summed E-state index contributed by atoms with van der Waals surface area (Å²) in [6.07, 6.45) is 0. The number of aromatic nitrogens is 3. The van der Waals surface area contributed by atoms with Crippen LogP contribution in [0, 0.1) is 0 Å². The summed E-state index contributed by atoms with van der Waals surface area (Å²) >= 11 is 14.9. The highest BCUT2D eigenvalue weighted by atomic mass is 79.9. The molecule has 0 aliphatic carbocycles. The summed E-state index contributed by atoms with van der Waals surface area (Å²) in [5.41, 5.74) is 0.729. The van der Waals surface area contributed by atoms with Crippen molar-refractivity contribution >= 4 is 50.6 Å². The van der Waals surface area contributed by atoms with Crippen LogP contribution in [0.15, 0.2) is 22.7 Å². The van der Waals surface area contributed by atoms with Gasteiger partial charge < -0.3 is 10.1 Å². The standard InChI is InChI=1S/C10H7BrCl2N4O/c1-18-5-2-3-6(11)7(4-5)14-9-8(12)16-17-10(13)15-9/h2-4H,1H3,(H,14,15,17). The molecule has 0 aliphatic rings. The smallest absolute Gasteiger partial charge is 0.245 e. The van der Waals surface area contributed by atoms with Crippen LogP contribution in [0.2, 0.25) is 10.4 Å². The summed E-state index contributed by atoms with van der Waals surface area (Å²) in [7, 11) is 1.59. The fourth-order valence-electron chi connectivity index (χ4n) is 1.23. The number of nitrogens with one attached hydrogen (secondary N) is 1. The number of rotatable bonds is 3. The van der Waals surface area contributed by atoms with Gasteiger partial charge in [0, 0.05) is 10.5 Å². The molecule has 94 valence electrons. The van der Waals surface area contributed by atoms with Gasteiger partial charge >= 0.3 is 0 Å². The van der Waals surface area contributed by atoms with E-state index in [4.69, 9.17) is 27.9 Å². The van der Waals surface area contributed by atoms with Crippen molar-refractivity contribution < 1.29 is 4.74 Å². The van der Waals surface area contributed by atoms with Crippen molar-refractivity contribution in [2.75, 3.05) is 12.4 Å². The molecule has 0 saturated carbocycles. The molecule has 1 heterocycles. The Morgan fingerprint density at radius 2 is 2.06 bits per heavy atom. The molecule has 0 amide bonds. The molecule has 1 N–H and O–H groups in total. The van der Waals surface area contributed by atoms with Crippen molar-refractivity contribution in [3.8, 4) is 5.75 Å². The number of methoxy groups -OCH3 is 1. The Kier molecular flexibility index (Phi) is 4.21. The van der Waals surface area contributed by atoms with Gasteiger partial charge in [-0.05, 0) is 39.7 Å². The average Bonchev–Trinajstić information content (AvgIpc) is 2.36. The molecule has 0 atom stereocenters. The van der Waals surface area contributed by atoms with E-state index in [2.05, 4.69) is 36.4 Å². The Morgan fingerprint density at radius 3 is 2.78 bits per heavy atom. The van der Waals surface area contributed by atoms with Gasteiger partial charge in [0.15, 0.2) is 11.0 Å². The van der Waals surface area contributed by atoms with E-state index >= 15 is 0 Å². The van der Waals surface area contributed by atoms with E-state index < -0.39 is 0 Å². The van der Waals surface area contributed by atoms with Crippen LogP contribution in [-0.4, -0.2) is 22.3 Å². The molecule has 0 radical (unpaired) electrons. The van der Waals surface area contributed by atoms with Crippen molar-refractivity contribution in [3.63, 3.8) is 0 Å². The second kappa shape index (κ2) is 5.69. The molecule has 0 saturated heterocycles. The SMILES string of the molecule is COc1ccc(Br)c(Nc2nc(Cl)nnc2Cl)c1. The summed E-state index contributed by atoms with van der Waals surface area (Å²) in [5.74, 6) is 1.02. The van der Waals surface area contributed by atoms with Gasteiger partial charge in [-0.25, -0.2) is 0 Å². The third-order valence-electron chi connectivity index (χ3n) is 2.05. The van der Waals surface area contributed by atoms with Crippen LogP contribution in [-0.2, 0) is 0 Å². The first-order chi connectivity index (χ1) is 8.60. The lowest BCUT2D eigenvalue weighted by Gasteiger charge is -2.10. The molecule has 0 fully saturated rings. The first-order valence-corrected chi connectivity index (χ1v) is 6.31. The van der Waals surface area contributed by atoms with Crippen molar-refractivity contribution in [1.82, 2.24) is 15.2 Å². The molecular formula is C10H7BrCl2N4O. The zero-order valence-corrected chi connectivity index (χ0v) is 12.2. The third-order valence-corrected chi connectivity index (χ3v) is 3.15. The van der Waals surface area contributed by atoms with E-state index in [1.165, 1.54) is 0 Å². The van der Waals surface area contributed by atoms with Crippen molar-refractivity contribution in [2.45, 2.75) is 0 Å². The number of benzene rings is 1.